The third-order valence-corrected chi connectivity index (χ3v) is 10.7. The number of ether oxygens (including phenoxy) is 1. The quantitative estimate of drug-likeness (QED) is 0.415. The summed E-state index contributed by atoms with van der Waals surface area (Å²) in [4.78, 5) is 17.8. The van der Waals surface area contributed by atoms with Crippen molar-refractivity contribution in [3.63, 3.8) is 0 Å². The first-order valence-electron chi connectivity index (χ1n) is 14.7. The highest BCUT2D eigenvalue weighted by molar-refractivity contribution is 7.89. The predicted octanol–water partition coefficient (Wildman–Crippen LogP) is 4.15. The van der Waals surface area contributed by atoms with E-state index in [1.807, 2.05) is 4.90 Å². The van der Waals surface area contributed by atoms with Gasteiger partial charge >= 0.3 is 0 Å². The van der Waals surface area contributed by atoms with Crippen LogP contribution in [0.2, 0.25) is 0 Å². The number of carbonyl (C=O) groups is 1. The first-order valence-corrected chi connectivity index (χ1v) is 16.2. The predicted molar refractivity (Wildman–Crippen MR) is 156 cm³/mol. The molecule has 1 spiro atoms. The van der Waals surface area contributed by atoms with Crippen molar-refractivity contribution < 1.29 is 31.8 Å². The first-order chi connectivity index (χ1) is 20.0. The number of amides is 1. The van der Waals surface area contributed by atoms with E-state index in [1.165, 1.54) is 18.9 Å². The van der Waals surface area contributed by atoms with Crippen molar-refractivity contribution in [2.24, 2.45) is 5.41 Å². The molecule has 2 aromatic rings. The number of fused-ring (bicyclic) bond motifs is 1. The van der Waals surface area contributed by atoms with E-state index < -0.39 is 22.0 Å². The number of nitrogens with zero attached hydrogens (tertiary/aromatic N) is 2. The van der Waals surface area contributed by atoms with Crippen molar-refractivity contribution in [3.8, 4) is 5.75 Å². The Kier molecular flexibility index (Phi) is 7.59. The minimum absolute atomic E-state index is 0.0568. The molecule has 3 fully saturated rings. The van der Waals surface area contributed by atoms with Crippen LogP contribution >= 0.6 is 0 Å². The number of carbonyl (C=O) groups excluding carboxylic acids is 1. The third-order valence-electron chi connectivity index (χ3n) is 9.14. The van der Waals surface area contributed by atoms with Crippen LogP contribution in [0.15, 0.2) is 35.2 Å². The Hall–Kier alpha value is -2.96. The van der Waals surface area contributed by atoms with E-state index in [2.05, 4.69) is 14.9 Å². The van der Waals surface area contributed by atoms with Gasteiger partial charge in [-0.3, -0.25) is 4.79 Å². The molecule has 3 N–H and O–H groups in total. The molecule has 1 atom stereocenters. The lowest BCUT2D eigenvalue weighted by Gasteiger charge is -2.35. The number of rotatable bonds is 8. The summed E-state index contributed by atoms with van der Waals surface area (Å²) in [5, 5.41) is 12.4. The number of aliphatic hydroxyl groups is 1. The Morgan fingerprint density at radius 2 is 1.67 bits per heavy atom. The van der Waals surface area contributed by atoms with Gasteiger partial charge in [0.2, 0.25) is 10.0 Å². The largest absolute Gasteiger partial charge is 0.491 e. The van der Waals surface area contributed by atoms with E-state index in [-0.39, 0.29) is 43.3 Å². The number of hydrogen-bond acceptors (Lipinski definition) is 7. The molecule has 1 amide bonds. The number of aliphatic hydroxyl groups excluding tert-OH is 1. The van der Waals surface area contributed by atoms with Crippen molar-refractivity contribution in [3.05, 3.63) is 41.5 Å². The molecule has 3 heterocycles. The number of anilines is 3. The van der Waals surface area contributed by atoms with Crippen molar-refractivity contribution in [1.82, 2.24) is 4.72 Å². The van der Waals surface area contributed by atoms with Gasteiger partial charge in [-0.05, 0) is 68.4 Å². The fourth-order valence-corrected chi connectivity index (χ4v) is 7.49. The highest BCUT2D eigenvalue weighted by Gasteiger charge is 2.44. The van der Waals surface area contributed by atoms with Gasteiger partial charge in [0.1, 0.15) is 5.75 Å². The molecule has 0 unspecified atom stereocenters. The summed E-state index contributed by atoms with van der Waals surface area (Å²) in [5.41, 5.74) is 3.44. The van der Waals surface area contributed by atoms with E-state index in [4.69, 9.17) is 4.74 Å². The van der Waals surface area contributed by atoms with Crippen LogP contribution in [0.5, 0.6) is 5.75 Å². The highest BCUT2D eigenvalue weighted by Crippen LogP contribution is 2.54. The third kappa shape index (κ3) is 5.93. The lowest BCUT2D eigenvalue weighted by Crippen LogP contribution is -2.39. The van der Waals surface area contributed by atoms with E-state index in [0.29, 0.717) is 46.8 Å². The Labute approximate surface area is 245 Å². The highest BCUT2D eigenvalue weighted by atomic mass is 32.2. The maximum absolute atomic E-state index is 13.9. The zero-order valence-electron chi connectivity index (χ0n) is 23.8. The van der Waals surface area contributed by atoms with Gasteiger partial charge in [0, 0.05) is 62.6 Å². The first kappa shape index (κ1) is 29.1. The smallest absolute Gasteiger partial charge is 0.255 e. The molecule has 2 aromatic carbocycles. The molecule has 42 heavy (non-hydrogen) atoms. The van der Waals surface area contributed by atoms with Crippen LogP contribution in [0.4, 0.5) is 25.8 Å². The zero-order chi connectivity index (χ0) is 29.7. The van der Waals surface area contributed by atoms with Gasteiger partial charge in [-0.25, -0.2) is 21.9 Å². The van der Waals surface area contributed by atoms with Crippen molar-refractivity contribution in [2.75, 3.05) is 54.5 Å². The summed E-state index contributed by atoms with van der Waals surface area (Å²) in [6.45, 7) is 3.58. The molecular weight excluding hydrogens is 566 g/mol. The number of sulfonamides is 1. The van der Waals surface area contributed by atoms with Crippen LogP contribution in [0.1, 0.15) is 61.4 Å². The van der Waals surface area contributed by atoms with Gasteiger partial charge in [-0.15, -0.1) is 0 Å². The molecule has 3 aliphatic heterocycles. The van der Waals surface area contributed by atoms with E-state index >= 15 is 0 Å². The molecule has 9 nitrogen and oxygen atoms in total. The van der Waals surface area contributed by atoms with Crippen LogP contribution < -0.4 is 24.6 Å². The molecule has 1 saturated carbocycles. The zero-order valence-corrected chi connectivity index (χ0v) is 24.6. The molecule has 0 aromatic heterocycles. The second-order valence-corrected chi connectivity index (χ2v) is 14.0. The Morgan fingerprint density at radius 3 is 2.33 bits per heavy atom. The number of halogens is 2. The Balaban J connectivity index is 1.29. The van der Waals surface area contributed by atoms with Crippen molar-refractivity contribution >= 4 is 33.0 Å². The number of alkyl halides is 2. The normalized spacial score (nSPS) is 21.5. The van der Waals surface area contributed by atoms with Crippen LogP contribution in [-0.2, 0) is 16.4 Å². The molecule has 1 aliphatic carbocycles. The number of hydrogen-bond donors (Lipinski definition) is 3. The summed E-state index contributed by atoms with van der Waals surface area (Å²) >= 11 is 0. The number of nitrogens with one attached hydrogen (secondary N) is 2. The Bertz CT molecular complexity index is 1460. The monoisotopic (exact) mass is 604 g/mol. The van der Waals surface area contributed by atoms with Gasteiger partial charge in [0.05, 0.1) is 35.2 Å². The van der Waals surface area contributed by atoms with Crippen molar-refractivity contribution in [2.45, 2.75) is 68.7 Å². The molecule has 0 bridgehead atoms. The molecule has 0 radical (unpaired) electrons. The van der Waals surface area contributed by atoms with Gasteiger partial charge in [0.25, 0.3) is 11.8 Å². The van der Waals surface area contributed by atoms with E-state index in [0.717, 1.165) is 31.5 Å². The van der Waals surface area contributed by atoms with Crippen LogP contribution in [-0.4, -0.2) is 70.8 Å². The topological polar surface area (TPSA) is 111 Å². The number of benzene rings is 2. The van der Waals surface area contributed by atoms with E-state index in [9.17, 15) is 27.1 Å². The fourth-order valence-electron chi connectivity index (χ4n) is 6.24. The average molecular weight is 605 g/mol. The fraction of sp³-hybridized carbons (Fsp3) is 0.567. The summed E-state index contributed by atoms with van der Waals surface area (Å²) in [5.74, 6) is -2.41. The molecule has 2 saturated heterocycles. The maximum atomic E-state index is 13.9. The maximum Gasteiger partial charge on any atom is 0.255 e. The summed E-state index contributed by atoms with van der Waals surface area (Å²) in [6.07, 6.45) is 4.60. The number of piperidine rings is 2. The van der Waals surface area contributed by atoms with Gasteiger partial charge in [-0.2, -0.15) is 0 Å². The standard InChI is InChI=1S/C30H38F2N4O5S/c1-20(19-37)34-42(39,40)23-2-3-24(25(18-23)35-11-7-29(5-6-29)8-12-35)33-28(38)22-16-21-4-15-41-27(21)26(17-22)36-13-9-30(31,32)10-14-36/h2-3,16-18,20,34,37H,4-15,19H2,1H3,(H,33,38)/t20-/m1/s1. The summed E-state index contributed by atoms with van der Waals surface area (Å²) in [6, 6.07) is 7.50. The summed E-state index contributed by atoms with van der Waals surface area (Å²) < 4.78 is 62.1. The van der Waals surface area contributed by atoms with Gasteiger partial charge < -0.3 is 25.0 Å². The Morgan fingerprint density at radius 1 is 1.00 bits per heavy atom. The van der Waals surface area contributed by atoms with Crippen LogP contribution in [0.25, 0.3) is 0 Å². The molecule has 228 valence electrons. The second-order valence-electron chi connectivity index (χ2n) is 12.3. The average Bonchev–Trinajstić information content (AvgIpc) is 3.53. The van der Waals surface area contributed by atoms with Gasteiger partial charge in [0.15, 0.2) is 0 Å². The SMILES string of the molecule is C[C@H](CO)NS(=O)(=O)c1ccc(NC(=O)c2cc3c(c(N4CCC(F)(F)CC4)c2)OCC3)c(N2CCC3(CC2)CC3)c1. The molecule has 6 rings (SSSR count). The van der Waals surface area contributed by atoms with E-state index in [1.54, 1.807) is 31.2 Å². The second kappa shape index (κ2) is 10.9. The molecule has 4 aliphatic rings. The van der Waals surface area contributed by atoms with Crippen LogP contribution in [0, 0.1) is 5.41 Å². The van der Waals surface area contributed by atoms with Crippen molar-refractivity contribution in [1.29, 1.82) is 0 Å². The minimum atomic E-state index is -3.90. The minimum Gasteiger partial charge on any atom is -0.491 e. The molecule has 12 heteroatoms. The molecular formula is C30H38F2N4O5S. The lowest BCUT2D eigenvalue weighted by atomic mass is 9.93. The lowest BCUT2D eigenvalue weighted by molar-refractivity contribution is -0.0221. The van der Waals surface area contributed by atoms with Gasteiger partial charge in [-0.1, -0.05) is 0 Å². The van der Waals surface area contributed by atoms with Crippen LogP contribution in [0.3, 0.4) is 0 Å². The summed E-state index contributed by atoms with van der Waals surface area (Å²) in [7, 11) is -3.90.